The van der Waals surface area contributed by atoms with Crippen LogP contribution < -0.4 is 9.47 Å². The van der Waals surface area contributed by atoms with Crippen LogP contribution in [0.5, 0.6) is 11.5 Å². The minimum Gasteiger partial charge on any atom is -0.491 e. The number of likely N-dealkylation sites (tertiary alicyclic amines) is 1. The number of carbonyl (C=O) groups is 1. The molecule has 2 atom stereocenters. The molecule has 56 heavy (non-hydrogen) atoms. The zero-order chi connectivity index (χ0) is 39.3. The Morgan fingerprint density at radius 2 is 1.39 bits per heavy atom. The average molecular weight is 774 g/mol. The van der Waals surface area contributed by atoms with Gasteiger partial charge in [0.1, 0.15) is 42.0 Å². The van der Waals surface area contributed by atoms with Gasteiger partial charge < -0.3 is 43.1 Å². The van der Waals surface area contributed by atoms with Crippen LogP contribution in [0, 0.1) is 0 Å². The highest BCUT2D eigenvalue weighted by atomic mass is 16.6. The number of fused-ring (bicyclic) bond motifs is 4. The first-order valence-electron chi connectivity index (χ1n) is 20.2. The van der Waals surface area contributed by atoms with E-state index in [-0.39, 0.29) is 12.1 Å². The molecule has 0 unspecified atom stereocenters. The van der Waals surface area contributed by atoms with Crippen molar-refractivity contribution in [3.8, 4) is 45.1 Å². The lowest BCUT2D eigenvalue weighted by atomic mass is 9.99. The van der Waals surface area contributed by atoms with Crippen LogP contribution in [0.25, 0.3) is 33.6 Å². The molecule has 2 aromatic carbocycles. The van der Waals surface area contributed by atoms with E-state index < -0.39 is 5.60 Å². The van der Waals surface area contributed by atoms with Gasteiger partial charge >= 0.3 is 6.09 Å². The molecule has 2 aromatic heterocycles. The maximum atomic E-state index is 13.0. The van der Waals surface area contributed by atoms with Gasteiger partial charge in [-0.15, -0.1) is 0 Å². The summed E-state index contributed by atoms with van der Waals surface area (Å²) in [6.07, 6.45) is 8.46. The quantitative estimate of drug-likeness (QED) is 0.188. The van der Waals surface area contributed by atoms with Crippen molar-refractivity contribution < 1.29 is 38.0 Å². The second kappa shape index (κ2) is 20.1. The van der Waals surface area contributed by atoms with E-state index in [4.69, 9.17) is 43.1 Å². The third-order valence-corrected chi connectivity index (χ3v) is 9.81. The second-order valence-corrected chi connectivity index (χ2v) is 15.3. The van der Waals surface area contributed by atoms with E-state index in [9.17, 15) is 4.79 Å². The first kappa shape index (κ1) is 41.2. The molecule has 13 heteroatoms. The number of amides is 1. The number of unbranched alkanes of at least 4 members (excludes halogenated alkanes) is 1. The van der Waals surface area contributed by atoms with Crippen molar-refractivity contribution >= 4 is 6.09 Å². The molecule has 0 aliphatic carbocycles. The molecule has 1 amide bonds. The number of nitrogens with one attached hydrogen (secondary N) is 2. The molecular weight excluding hydrogens is 714 g/mol. The maximum absolute atomic E-state index is 13.0. The smallest absolute Gasteiger partial charge is 0.410 e. The van der Waals surface area contributed by atoms with Crippen LogP contribution in [0.15, 0.2) is 48.8 Å². The van der Waals surface area contributed by atoms with E-state index in [1.165, 1.54) is 0 Å². The number of imidazole rings is 2. The van der Waals surface area contributed by atoms with E-state index in [1.54, 1.807) is 4.90 Å². The lowest BCUT2D eigenvalue weighted by Crippen LogP contribution is -2.36. The van der Waals surface area contributed by atoms with Gasteiger partial charge in [-0.3, -0.25) is 4.90 Å². The Balaban J connectivity index is 1.29. The van der Waals surface area contributed by atoms with Gasteiger partial charge in [0.15, 0.2) is 0 Å². The largest absolute Gasteiger partial charge is 0.491 e. The molecule has 13 nitrogen and oxygen atoms in total. The van der Waals surface area contributed by atoms with E-state index in [0.29, 0.717) is 90.0 Å². The molecule has 4 aromatic rings. The summed E-state index contributed by atoms with van der Waals surface area (Å²) < 4.78 is 41.5. The van der Waals surface area contributed by atoms with Crippen LogP contribution in [-0.2, 0) is 23.7 Å². The number of rotatable bonds is 7. The first-order chi connectivity index (χ1) is 27.2. The maximum Gasteiger partial charge on any atom is 0.410 e. The molecular formula is C43H59N5O8. The predicted octanol–water partition coefficient (Wildman–Crippen LogP) is 8.34. The third-order valence-electron chi connectivity index (χ3n) is 9.81. The monoisotopic (exact) mass is 773 g/mol. The normalized spacial score (nSPS) is 18.6. The highest BCUT2D eigenvalue weighted by molar-refractivity contribution is 5.80. The number of benzene rings is 2. The van der Waals surface area contributed by atoms with Crippen molar-refractivity contribution in [3.63, 3.8) is 0 Å². The highest BCUT2D eigenvalue weighted by Crippen LogP contribution is 2.40. The number of ether oxygens (including phenoxy) is 7. The number of carbonyl (C=O) groups excluding carboxylic acids is 1. The van der Waals surface area contributed by atoms with E-state index in [1.807, 2.05) is 39.2 Å². The van der Waals surface area contributed by atoms with Crippen molar-refractivity contribution in [2.24, 2.45) is 0 Å². The Hall–Kier alpha value is -4.43. The van der Waals surface area contributed by atoms with Gasteiger partial charge in [-0.25, -0.2) is 14.8 Å². The summed E-state index contributed by atoms with van der Waals surface area (Å²) in [7, 11) is 0. The van der Waals surface area contributed by atoms with Gasteiger partial charge in [-0.05, 0) is 69.9 Å². The number of H-pyrrole nitrogens is 2. The number of hydrogen-bond acceptors (Lipinski definition) is 10. The summed E-state index contributed by atoms with van der Waals surface area (Å²) >= 11 is 0. The zero-order valence-corrected chi connectivity index (χ0v) is 33.7. The van der Waals surface area contributed by atoms with Crippen LogP contribution in [-0.4, -0.2) is 109 Å². The summed E-state index contributed by atoms with van der Waals surface area (Å²) in [6, 6.07) is 12.2. The van der Waals surface area contributed by atoms with Crippen LogP contribution in [0.1, 0.15) is 90.3 Å². The van der Waals surface area contributed by atoms with Gasteiger partial charge in [-0.1, -0.05) is 38.8 Å². The molecule has 2 bridgehead atoms. The van der Waals surface area contributed by atoms with Gasteiger partial charge in [0, 0.05) is 29.2 Å². The third kappa shape index (κ3) is 11.3. The number of hydrogen-bond donors (Lipinski definition) is 2. The minimum atomic E-state index is -0.575. The number of aromatic nitrogens is 4. The van der Waals surface area contributed by atoms with Gasteiger partial charge in [0.05, 0.1) is 82.7 Å². The number of aromatic amines is 2. The molecule has 0 radical (unpaired) electrons. The molecule has 2 aliphatic heterocycles. The molecule has 2 aliphatic rings. The Morgan fingerprint density at radius 1 is 0.804 bits per heavy atom. The standard InChI is InChI=1S/C43H59N5O8/c1-6-7-9-30(2)40-44-29-36(47-40)34-14-11-31-26-39(34)55-25-23-53-21-19-51-17-16-50-18-20-52-22-24-54-38-27-32(12-13-33(31)38)35-28-45-41(46-35)37-10-8-15-48(37)42(49)56-43(3,4)5/h11-14,26-30,37H,6-10,15-25H2,1-5H3,(H,44,47)(H,45,46)/t30-,37-/m0/s1. The Kier molecular flexibility index (Phi) is 14.8. The lowest BCUT2D eigenvalue weighted by molar-refractivity contribution is -0.00693. The predicted molar refractivity (Wildman–Crippen MR) is 214 cm³/mol. The molecule has 1 saturated heterocycles. The Labute approximate surface area is 330 Å². The molecule has 6 rings (SSSR count). The van der Waals surface area contributed by atoms with Crippen LogP contribution >= 0.6 is 0 Å². The summed E-state index contributed by atoms with van der Waals surface area (Å²) in [5.41, 5.74) is 4.80. The molecule has 2 N–H and O–H groups in total. The first-order valence-corrected chi connectivity index (χ1v) is 20.2. The fourth-order valence-corrected chi connectivity index (χ4v) is 6.88. The van der Waals surface area contributed by atoms with Crippen molar-refractivity contribution in [3.05, 3.63) is 60.4 Å². The van der Waals surface area contributed by atoms with Crippen molar-refractivity contribution in [2.75, 3.05) is 72.6 Å². The fraction of sp³-hybridized carbons (Fsp3) is 0.558. The molecule has 1 fully saturated rings. The van der Waals surface area contributed by atoms with E-state index >= 15 is 0 Å². The average Bonchev–Trinajstić information content (AvgIpc) is 3.98. The summed E-state index contributed by atoms with van der Waals surface area (Å²) in [4.78, 5) is 31.3. The zero-order valence-electron chi connectivity index (χ0n) is 33.7. The van der Waals surface area contributed by atoms with E-state index in [2.05, 4.69) is 54.1 Å². The molecule has 304 valence electrons. The lowest BCUT2D eigenvalue weighted by Gasteiger charge is -2.27. The van der Waals surface area contributed by atoms with Gasteiger partial charge in [0.25, 0.3) is 0 Å². The van der Waals surface area contributed by atoms with Crippen molar-refractivity contribution in [1.29, 1.82) is 0 Å². The summed E-state index contributed by atoms with van der Waals surface area (Å²) in [5, 5.41) is 0. The Morgan fingerprint density at radius 3 is 2.05 bits per heavy atom. The van der Waals surface area contributed by atoms with Crippen LogP contribution in [0.3, 0.4) is 0 Å². The summed E-state index contributed by atoms with van der Waals surface area (Å²) in [6.45, 7) is 15.0. The van der Waals surface area contributed by atoms with Crippen LogP contribution in [0.4, 0.5) is 4.79 Å². The van der Waals surface area contributed by atoms with Crippen molar-refractivity contribution in [2.45, 2.75) is 84.3 Å². The SMILES string of the molecule is CCCC[C@H](C)c1ncc(-c2ccc3cc2OCCOCCOCCOCCOCCOc2cc(-c4cnc([C@@H]5CCCN5C(=O)OC(C)(C)C)[nH]4)ccc2-3)[nH]1. The summed E-state index contributed by atoms with van der Waals surface area (Å²) in [5.74, 6) is 3.44. The topological polar surface area (TPSA) is 142 Å². The molecule has 0 saturated carbocycles. The van der Waals surface area contributed by atoms with Crippen molar-refractivity contribution in [1.82, 2.24) is 24.8 Å². The highest BCUT2D eigenvalue weighted by Gasteiger charge is 2.35. The van der Waals surface area contributed by atoms with Gasteiger partial charge in [-0.2, -0.15) is 0 Å². The Bertz CT molecular complexity index is 1830. The molecule has 4 heterocycles. The fourth-order valence-electron chi connectivity index (χ4n) is 6.88. The second-order valence-electron chi connectivity index (χ2n) is 15.3. The molecule has 0 spiro atoms. The van der Waals surface area contributed by atoms with Gasteiger partial charge in [0.2, 0.25) is 0 Å². The minimum absolute atomic E-state index is 0.187. The van der Waals surface area contributed by atoms with Crippen LogP contribution in [0.2, 0.25) is 0 Å². The number of nitrogens with zero attached hydrogens (tertiary/aromatic N) is 3. The van der Waals surface area contributed by atoms with E-state index in [0.717, 1.165) is 77.4 Å².